The van der Waals surface area contributed by atoms with E-state index in [0.29, 0.717) is 31.3 Å². The number of ketones is 1. The number of carbonyl (C=O) groups excluding carboxylic acids is 1. The summed E-state index contributed by atoms with van der Waals surface area (Å²) >= 11 is 0. The smallest absolute Gasteiger partial charge is 0.213 e. The maximum atomic E-state index is 11.3. The number of ether oxygens (including phenoxy) is 1. The third-order valence-corrected chi connectivity index (χ3v) is 4.35. The van der Waals surface area contributed by atoms with Crippen LogP contribution in [0.5, 0.6) is 5.88 Å². The van der Waals surface area contributed by atoms with Crippen LogP contribution in [-0.4, -0.2) is 48.1 Å². The summed E-state index contributed by atoms with van der Waals surface area (Å²) in [5.41, 5.74) is 1.25. The van der Waals surface area contributed by atoms with E-state index in [2.05, 4.69) is 26.3 Å². The van der Waals surface area contributed by atoms with Gasteiger partial charge < -0.3 is 10.1 Å². The molecule has 2 aliphatic rings. The molecule has 0 radical (unpaired) electrons. The minimum Gasteiger partial charge on any atom is -0.478 e. The van der Waals surface area contributed by atoms with Gasteiger partial charge in [-0.05, 0) is 44.0 Å². The number of aliphatic imine (C=N–C) groups is 1. The zero-order valence-corrected chi connectivity index (χ0v) is 14.6. The monoisotopic (exact) mass is 342 g/mol. The highest BCUT2D eigenvalue weighted by atomic mass is 16.5. The molecule has 25 heavy (non-hydrogen) atoms. The van der Waals surface area contributed by atoms with Gasteiger partial charge in [0.1, 0.15) is 5.82 Å². The molecule has 0 unspecified atom stereocenters. The lowest BCUT2D eigenvalue weighted by Gasteiger charge is -2.26. The molecule has 0 aromatic carbocycles. The number of rotatable bonds is 8. The summed E-state index contributed by atoms with van der Waals surface area (Å²) in [6.45, 7) is 4.64. The highest BCUT2D eigenvalue weighted by Gasteiger charge is 2.11. The molecule has 1 saturated heterocycles. The lowest BCUT2D eigenvalue weighted by molar-refractivity contribution is -0.113. The van der Waals surface area contributed by atoms with Crippen LogP contribution >= 0.6 is 0 Å². The van der Waals surface area contributed by atoms with Gasteiger partial charge in [0, 0.05) is 44.1 Å². The summed E-state index contributed by atoms with van der Waals surface area (Å²) in [6, 6.07) is 4.10. The summed E-state index contributed by atoms with van der Waals surface area (Å²) in [4.78, 5) is 22.2. The zero-order valence-electron chi connectivity index (χ0n) is 14.6. The highest BCUT2D eigenvalue weighted by molar-refractivity contribution is 6.01. The Morgan fingerprint density at radius 2 is 2.12 bits per heavy atom. The minimum atomic E-state index is 0.0865. The number of likely N-dealkylation sites (tertiary alicyclic amines) is 1. The molecule has 0 atom stereocenters. The van der Waals surface area contributed by atoms with E-state index in [-0.39, 0.29) is 5.78 Å². The van der Waals surface area contributed by atoms with Crippen LogP contribution in [0.25, 0.3) is 0 Å². The van der Waals surface area contributed by atoms with Crippen molar-refractivity contribution in [1.29, 1.82) is 0 Å². The van der Waals surface area contributed by atoms with Gasteiger partial charge in [-0.3, -0.25) is 9.69 Å². The third-order valence-electron chi connectivity index (χ3n) is 4.35. The van der Waals surface area contributed by atoms with Crippen molar-refractivity contribution in [2.24, 2.45) is 4.99 Å². The Kier molecular flexibility index (Phi) is 6.56. The first kappa shape index (κ1) is 17.6. The van der Waals surface area contributed by atoms with Crippen molar-refractivity contribution in [2.45, 2.75) is 38.6 Å². The van der Waals surface area contributed by atoms with E-state index in [9.17, 15) is 4.79 Å². The van der Waals surface area contributed by atoms with Gasteiger partial charge in [0.05, 0.1) is 6.61 Å². The number of pyridine rings is 1. The standard InChI is InChI=1S/C19H26N4O2/c24-17-6-9-21-18(14-17)20-7-4-12-25-19-13-16(5-8-22-19)15-23-10-2-1-3-11-23/h5,8-9,13-14,20H,1-4,6-7,10-12,15H2. The summed E-state index contributed by atoms with van der Waals surface area (Å²) in [6.07, 6.45) is 10.2. The Labute approximate surface area is 149 Å². The van der Waals surface area contributed by atoms with E-state index in [4.69, 9.17) is 4.74 Å². The van der Waals surface area contributed by atoms with Gasteiger partial charge in [-0.1, -0.05) is 6.42 Å². The van der Waals surface area contributed by atoms with Crippen LogP contribution < -0.4 is 10.1 Å². The lowest BCUT2D eigenvalue weighted by atomic mass is 10.1. The Morgan fingerprint density at radius 1 is 1.24 bits per heavy atom. The van der Waals surface area contributed by atoms with Crippen LogP contribution in [0.1, 0.15) is 37.7 Å². The molecule has 2 aliphatic heterocycles. The molecule has 0 saturated carbocycles. The Bertz CT molecular complexity index is 636. The van der Waals surface area contributed by atoms with Crippen molar-refractivity contribution in [1.82, 2.24) is 15.2 Å². The van der Waals surface area contributed by atoms with E-state index in [1.807, 2.05) is 12.3 Å². The third kappa shape index (κ3) is 5.98. The van der Waals surface area contributed by atoms with E-state index in [1.54, 1.807) is 12.3 Å². The Balaban J connectivity index is 1.37. The van der Waals surface area contributed by atoms with Crippen LogP contribution in [0.3, 0.4) is 0 Å². The number of piperidine rings is 1. The molecular formula is C19H26N4O2. The van der Waals surface area contributed by atoms with Crippen molar-refractivity contribution < 1.29 is 9.53 Å². The Morgan fingerprint density at radius 3 is 2.96 bits per heavy atom. The first-order valence-corrected chi connectivity index (χ1v) is 9.10. The first-order valence-electron chi connectivity index (χ1n) is 9.10. The first-order chi connectivity index (χ1) is 12.3. The maximum absolute atomic E-state index is 11.3. The van der Waals surface area contributed by atoms with Gasteiger partial charge in [0.25, 0.3) is 0 Å². The van der Waals surface area contributed by atoms with Gasteiger partial charge >= 0.3 is 0 Å². The fraction of sp³-hybridized carbons (Fsp3) is 0.526. The molecule has 1 fully saturated rings. The second-order valence-electron chi connectivity index (χ2n) is 6.48. The summed E-state index contributed by atoms with van der Waals surface area (Å²) < 4.78 is 5.75. The number of hydrogen-bond acceptors (Lipinski definition) is 6. The second-order valence-corrected chi connectivity index (χ2v) is 6.48. The SMILES string of the molecule is O=C1C=C(NCCCOc2cc(CN3CCCCC3)ccn2)N=CC1. The molecule has 3 rings (SSSR count). The zero-order chi connectivity index (χ0) is 17.3. The van der Waals surface area contributed by atoms with Gasteiger partial charge in [0.2, 0.25) is 5.88 Å². The van der Waals surface area contributed by atoms with Crippen molar-refractivity contribution in [3.05, 3.63) is 35.8 Å². The molecule has 6 heteroatoms. The summed E-state index contributed by atoms with van der Waals surface area (Å²) in [5, 5.41) is 3.14. The largest absolute Gasteiger partial charge is 0.478 e. The van der Waals surface area contributed by atoms with E-state index in [0.717, 1.165) is 13.0 Å². The number of nitrogens with zero attached hydrogens (tertiary/aromatic N) is 3. The number of carbonyl (C=O) groups is 1. The Hall–Kier alpha value is -2.21. The molecule has 0 bridgehead atoms. The predicted molar refractivity (Wildman–Crippen MR) is 97.7 cm³/mol. The van der Waals surface area contributed by atoms with Crippen molar-refractivity contribution in [3.8, 4) is 5.88 Å². The predicted octanol–water partition coefficient (Wildman–Crippen LogP) is 2.31. The maximum Gasteiger partial charge on any atom is 0.213 e. The number of aromatic nitrogens is 1. The summed E-state index contributed by atoms with van der Waals surface area (Å²) in [5.74, 6) is 1.40. The molecular weight excluding hydrogens is 316 g/mol. The van der Waals surface area contributed by atoms with E-state index < -0.39 is 0 Å². The quantitative estimate of drug-likeness (QED) is 0.735. The molecule has 134 valence electrons. The van der Waals surface area contributed by atoms with E-state index in [1.165, 1.54) is 37.9 Å². The van der Waals surface area contributed by atoms with Crippen LogP contribution in [0, 0.1) is 0 Å². The second kappa shape index (κ2) is 9.32. The van der Waals surface area contributed by atoms with Crippen LogP contribution in [-0.2, 0) is 11.3 Å². The van der Waals surface area contributed by atoms with Gasteiger partial charge in [-0.15, -0.1) is 0 Å². The topological polar surface area (TPSA) is 66.8 Å². The molecule has 3 heterocycles. The van der Waals surface area contributed by atoms with Crippen molar-refractivity contribution >= 4 is 12.0 Å². The number of nitrogens with one attached hydrogen (secondary N) is 1. The minimum absolute atomic E-state index is 0.0865. The lowest BCUT2D eigenvalue weighted by Crippen LogP contribution is -2.29. The average Bonchev–Trinajstić information content (AvgIpc) is 2.63. The molecule has 0 aliphatic carbocycles. The van der Waals surface area contributed by atoms with Crippen molar-refractivity contribution in [3.63, 3.8) is 0 Å². The van der Waals surface area contributed by atoms with Gasteiger partial charge in [-0.2, -0.15) is 0 Å². The normalized spacial score (nSPS) is 18.1. The fourth-order valence-electron chi connectivity index (χ4n) is 3.05. The number of allylic oxidation sites excluding steroid dienone is 1. The highest BCUT2D eigenvalue weighted by Crippen LogP contribution is 2.15. The van der Waals surface area contributed by atoms with E-state index >= 15 is 0 Å². The number of hydrogen-bond donors (Lipinski definition) is 1. The van der Waals surface area contributed by atoms with Crippen molar-refractivity contribution in [2.75, 3.05) is 26.2 Å². The van der Waals surface area contributed by atoms with Gasteiger partial charge in [-0.25, -0.2) is 9.98 Å². The average molecular weight is 342 g/mol. The van der Waals surface area contributed by atoms with Crippen LogP contribution in [0.2, 0.25) is 0 Å². The molecule has 0 spiro atoms. The molecule has 1 aromatic heterocycles. The molecule has 6 nitrogen and oxygen atoms in total. The molecule has 0 amide bonds. The van der Waals surface area contributed by atoms with Gasteiger partial charge in [0.15, 0.2) is 5.78 Å². The summed E-state index contributed by atoms with van der Waals surface area (Å²) in [7, 11) is 0. The molecule has 1 aromatic rings. The fourth-order valence-corrected chi connectivity index (χ4v) is 3.05. The van der Waals surface area contributed by atoms with Crippen LogP contribution in [0.15, 0.2) is 35.2 Å². The van der Waals surface area contributed by atoms with Crippen LogP contribution in [0.4, 0.5) is 0 Å². The molecule has 1 N–H and O–H groups in total.